The quantitative estimate of drug-likeness (QED) is 0.756. The summed E-state index contributed by atoms with van der Waals surface area (Å²) in [6, 6.07) is 0.571. The van der Waals surface area contributed by atoms with Crippen LogP contribution in [-0.4, -0.2) is 32.8 Å². The number of aromatic nitrogens is 3. The van der Waals surface area contributed by atoms with E-state index >= 15 is 0 Å². The van der Waals surface area contributed by atoms with Crippen molar-refractivity contribution in [3.63, 3.8) is 0 Å². The van der Waals surface area contributed by atoms with Gasteiger partial charge < -0.3 is 5.32 Å². The molecule has 1 rings (SSSR count). The van der Waals surface area contributed by atoms with Gasteiger partial charge in [-0.2, -0.15) is 16.9 Å². The van der Waals surface area contributed by atoms with Gasteiger partial charge in [0, 0.05) is 18.3 Å². The number of hydrogen-bond donors (Lipinski definition) is 1. The highest BCUT2D eigenvalue weighted by molar-refractivity contribution is 7.98. The molecule has 0 radical (unpaired) electrons. The van der Waals surface area contributed by atoms with Crippen molar-refractivity contribution < 1.29 is 0 Å². The molecule has 16 heavy (non-hydrogen) atoms. The predicted octanol–water partition coefficient (Wildman–Crippen LogP) is 1.92. The fourth-order valence-corrected chi connectivity index (χ4v) is 2.34. The van der Waals surface area contributed by atoms with E-state index in [9.17, 15) is 0 Å². The first-order valence-electron chi connectivity index (χ1n) is 5.90. The summed E-state index contributed by atoms with van der Waals surface area (Å²) in [4.78, 5) is 4.28. The van der Waals surface area contributed by atoms with Gasteiger partial charge in [-0.1, -0.05) is 13.8 Å². The minimum atomic E-state index is 0.571. The maximum atomic E-state index is 4.28. The molecule has 92 valence electrons. The minimum absolute atomic E-state index is 0.571. The van der Waals surface area contributed by atoms with Crippen molar-refractivity contribution in [2.75, 3.05) is 12.0 Å². The summed E-state index contributed by atoms with van der Waals surface area (Å²) in [6.45, 7) is 6.14. The van der Waals surface area contributed by atoms with Gasteiger partial charge in [0.05, 0.1) is 6.54 Å². The molecule has 0 aliphatic carbocycles. The van der Waals surface area contributed by atoms with Crippen LogP contribution >= 0.6 is 11.8 Å². The molecule has 0 saturated carbocycles. The second-order valence-corrected chi connectivity index (χ2v) is 4.75. The van der Waals surface area contributed by atoms with Gasteiger partial charge in [0.25, 0.3) is 0 Å². The van der Waals surface area contributed by atoms with Crippen molar-refractivity contribution >= 4 is 11.8 Å². The SMILES string of the molecule is CCCn1ncnc1CNC(CC)CSC. The summed E-state index contributed by atoms with van der Waals surface area (Å²) in [6.07, 6.45) is 6.03. The summed E-state index contributed by atoms with van der Waals surface area (Å²) in [5.74, 6) is 2.19. The van der Waals surface area contributed by atoms with Crippen molar-refractivity contribution in [3.8, 4) is 0 Å². The Morgan fingerprint density at radius 2 is 2.31 bits per heavy atom. The van der Waals surface area contributed by atoms with Gasteiger partial charge in [0.2, 0.25) is 0 Å². The molecule has 0 aromatic carbocycles. The summed E-state index contributed by atoms with van der Waals surface area (Å²) in [5.41, 5.74) is 0. The van der Waals surface area contributed by atoms with Crippen LogP contribution in [0.4, 0.5) is 0 Å². The van der Waals surface area contributed by atoms with Crippen LogP contribution in [0.5, 0.6) is 0 Å². The van der Waals surface area contributed by atoms with Crippen molar-refractivity contribution in [2.24, 2.45) is 0 Å². The summed E-state index contributed by atoms with van der Waals surface area (Å²) < 4.78 is 1.98. The molecular formula is C11H22N4S. The maximum Gasteiger partial charge on any atom is 0.140 e. The monoisotopic (exact) mass is 242 g/mol. The Balaban J connectivity index is 2.43. The van der Waals surface area contributed by atoms with E-state index in [0.717, 1.165) is 37.5 Å². The van der Waals surface area contributed by atoms with Gasteiger partial charge in [0.15, 0.2) is 0 Å². The third kappa shape index (κ3) is 4.14. The lowest BCUT2D eigenvalue weighted by atomic mass is 10.2. The number of aryl methyl sites for hydroxylation is 1. The zero-order valence-electron chi connectivity index (χ0n) is 10.4. The molecule has 4 nitrogen and oxygen atoms in total. The van der Waals surface area contributed by atoms with E-state index in [1.54, 1.807) is 6.33 Å². The van der Waals surface area contributed by atoms with Crippen LogP contribution in [0.3, 0.4) is 0 Å². The van der Waals surface area contributed by atoms with Crippen LogP contribution in [0.2, 0.25) is 0 Å². The molecule has 0 aliphatic heterocycles. The normalized spacial score (nSPS) is 12.9. The largest absolute Gasteiger partial charge is 0.306 e. The Morgan fingerprint density at radius 3 is 2.94 bits per heavy atom. The van der Waals surface area contributed by atoms with Gasteiger partial charge >= 0.3 is 0 Å². The van der Waals surface area contributed by atoms with E-state index in [-0.39, 0.29) is 0 Å². The minimum Gasteiger partial charge on any atom is -0.306 e. The third-order valence-electron chi connectivity index (χ3n) is 2.54. The van der Waals surface area contributed by atoms with Crippen molar-refractivity contribution in [1.82, 2.24) is 20.1 Å². The van der Waals surface area contributed by atoms with E-state index in [2.05, 4.69) is 35.5 Å². The Hall–Kier alpha value is -0.550. The first kappa shape index (κ1) is 13.5. The highest BCUT2D eigenvalue weighted by Crippen LogP contribution is 2.03. The van der Waals surface area contributed by atoms with E-state index in [4.69, 9.17) is 0 Å². The van der Waals surface area contributed by atoms with Crippen LogP contribution in [0.15, 0.2) is 6.33 Å². The van der Waals surface area contributed by atoms with Crippen LogP contribution in [0.1, 0.15) is 32.5 Å². The molecule has 1 aromatic heterocycles. The zero-order chi connectivity index (χ0) is 11.8. The van der Waals surface area contributed by atoms with E-state index in [1.807, 2.05) is 16.4 Å². The second-order valence-electron chi connectivity index (χ2n) is 3.84. The molecule has 1 heterocycles. The second kappa shape index (κ2) is 7.68. The molecular weight excluding hydrogens is 220 g/mol. The molecule has 0 amide bonds. The van der Waals surface area contributed by atoms with Crippen LogP contribution in [-0.2, 0) is 13.1 Å². The van der Waals surface area contributed by atoms with E-state index in [0.29, 0.717) is 6.04 Å². The predicted molar refractivity (Wildman–Crippen MR) is 69.6 cm³/mol. The average Bonchev–Trinajstić information content (AvgIpc) is 2.72. The van der Waals surface area contributed by atoms with Crippen molar-refractivity contribution in [3.05, 3.63) is 12.2 Å². The number of nitrogens with one attached hydrogen (secondary N) is 1. The molecule has 1 aromatic rings. The number of hydrogen-bond acceptors (Lipinski definition) is 4. The van der Waals surface area contributed by atoms with E-state index in [1.165, 1.54) is 0 Å². The zero-order valence-corrected chi connectivity index (χ0v) is 11.3. The first-order valence-corrected chi connectivity index (χ1v) is 7.30. The number of nitrogens with zero attached hydrogens (tertiary/aromatic N) is 3. The fourth-order valence-electron chi connectivity index (χ4n) is 1.58. The lowest BCUT2D eigenvalue weighted by molar-refractivity contribution is 0.495. The van der Waals surface area contributed by atoms with Crippen molar-refractivity contribution in [1.29, 1.82) is 0 Å². The summed E-state index contributed by atoms with van der Waals surface area (Å²) >= 11 is 1.88. The van der Waals surface area contributed by atoms with E-state index < -0.39 is 0 Å². The fraction of sp³-hybridized carbons (Fsp3) is 0.818. The first-order chi connectivity index (χ1) is 7.81. The highest BCUT2D eigenvalue weighted by atomic mass is 32.2. The Labute approximate surface area is 102 Å². The maximum absolute atomic E-state index is 4.28. The average molecular weight is 242 g/mol. The Morgan fingerprint density at radius 1 is 1.50 bits per heavy atom. The summed E-state index contributed by atoms with van der Waals surface area (Å²) in [5, 5.41) is 7.74. The van der Waals surface area contributed by atoms with Gasteiger partial charge in [0.1, 0.15) is 12.2 Å². The number of rotatable bonds is 8. The molecule has 0 spiro atoms. The topological polar surface area (TPSA) is 42.7 Å². The highest BCUT2D eigenvalue weighted by Gasteiger charge is 2.07. The standard InChI is InChI=1S/C11H22N4S/c1-4-6-15-11(13-9-14-15)7-12-10(5-2)8-16-3/h9-10,12H,4-8H2,1-3H3. The molecule has 0 bridgehead atoms. The molecule has 0 aliphatic rings. The Kier molecular flexibility index (Phi) is 6.49. The molecule has 0 fully saturated rings. The van der Waals surface area contributed by atoms with Gasteiger partial charge in [-0.15, -0.1) is 0 Å². The lowest BCUT2D eigenvalue weighted by Gasteiger charge is -2.15. The molecule has 1 atom stereocenters. The van der Waals surface area contributed by atoms with Crippen LogP contribution in [0.25, 0.3) is 0 Å². The van der Waals surface area contributed by atoms with Gasteiger partial charge in [-0.3, -0.25) is 0 Å². The summed E-state index contributed by atoms with van der Waals surface area (Å²) in [7, 11) is 0. The molecule has 5 heteroatoms. The van der Waals surface area contributed by atoms with Crippen LogP contribution < -0.4 is 5.32 Å². The third-order valence-corrected chi connectivity index (χ3v) is 3.28. The number of thioether (sulfide) groups is 1. The van der Waals surface area contributed by atoms with Gasteiger partial charge in [-0.25, -0.2) is 9.67 Å². The smallest absolute Gasteiger partial charge is 0.140 e. The molecule has 1 unspecified atom stereocenters. The van der Waals surface area contributed by atoms with Crippen molar-refractivity contribution in [2.45, 2.75) is 45.8 Å². The lowest BCUT2D eigenvalue weighted by Crippen LogP contribution is -2.31. The Bertz CT molecular complexity index is 287. The molecule has 0 saturated heterocycles. The van der Waals surface area contributed by atoms with Gasteiger partial charge in [-0.05, 0) is 19.1 Å². The van der Waals surface area contributed by atoms with Crippen LogP contribution in [0, 0.1) is 0 Å². The molecule has 1 N–H and O–H groups in total.